The Labute approximate surface area is 108 Å². The maximum absolute atomic E-state index is 4.63. The molecule has 0 bridgehead atoms. The minimum Gasteiger partial charge on any atom is -0.338 e. The first-order valence-corrected chi connectivity index (χ1v) is 6.35. The number of aromatic nitrogens is 2. The number of fused-ring (bicyclic) bond motifs is 1. The molecule has 2 heteroatoms. The van der Waals surface area contributed by atoms with Gasteiger partial charge in [-0.25, -0.2) is 4.98 Å². The molecule has 92 valence electrons. The minimum atomic E-state index is 0.935. The van der Waals surface area contributed by atoms with Gasteiger partial charge >= 0.3 is 0 Å². The fourth-order valence-electron chi connectivity index (χ4n) is 1.91. The van der Waals surface area contributed by atoms with Gasteiger partial charge in [0.05, 0.1) is 11.0 Å². The van der Waals surface area contributed by atoms with Gasteiger partial charge in [0.25, 0.3) is 0 Å². The molecule has 2 aromatic carbocycles. The van der Waals surface area contributed by atoms with Crippen molar-refractivity contribution in [2.24, 2.45) is 0 Å². The fraction of sp³-hybridized carbons (Fsp3) is 0.188. The van der Waals surface area contributed by atoms with Crippen molar-refractivity contribution in [3.63, 3.8) is 0 Å². The van der Waals surface area contributed by atoms with Crippen molar-refractivity contribution < 1.29 is 0 Å². The quantitative estimate of drug-likeness (QED) is 0.661. The summed E-state index contributed by atoms with van der Waals surface area (Å²) in [5.41, 5.74) is 4.48. The molecule has 1 N–H and O–H groups in total. The topological polar surface area (TPSA) is 28.7 Å². The first-order valence-electron chi connectivity index (χ1n) is 6.35. The summed E-state index contributed by atoms with van der Waals surface area (Å²) >= 11 is 0. The molecule has 0 radical (unpaired) electrons. The standard InChI is InChI=1S/C14H12N2.C2H6/c1-10-6-5-9-12-13(10)16-14(15-12)11-7-3-2-4-8-11;1-2/h2-9H,1H3,(H,15,16);1-2H3. The molecular formula is C16H18N2. The van der Waals surface area contributed by atoms with Gasteiger partial charge in [0.2, 0.25) is 0 Å². The second-order valence-electron chi connectivity index (χ2n) is 3.92. The summed E-state index contributed by atoms with van der Waals surface area (Å²) in [6.45, 7) is 6.08. The van der Waals surface area contributed by atoms with E-state index in [1.807, 2.05) is 38.1 Å². The number of benzene rings is 2. The second-order valence-corrected chi connectivity index (χ2v) is 3.92. The molecule has 0 aliphatic carbocycles. The number of rotatable bonds is 1. The Morgan fingerprint density at radius 3 is 2.28 bits per heavy atom. The fourth-order valence-corrected chi connectivity index (χ4v) is 1.91. The molecule has 0 aliphatic rings. The van der Waals surface area contributed by atoms with Gasteiger partial charge in [-0.3, -0.25) is 0 Å². The van der Waals surface area contributed by atoms with Crippen molar-refractivity contribution in [1.82, 2.24) is 9.97 Å². The number of hydrogen-bond acceptors (Lipinski definition) is 1. The molecule has 0 spiro atoms. The lowest BCUT2D eigenvalue weighted by Crippen LogP contribution is -1.78. The average molecular weight is 238 g/mol. The maximum Gasteiger partial charge on any atom is 0.138 e. The van der Waals surface area contributed by atoms with E-state index in [4.69, 9.17) is 0 Å². The maximum atomic E-state index is 4.63. The second kappa shape index (κ2) is 5.50. The number of H-pyrrole nitrogens is 1. The normalized spacial score (nSPS) is 9.94. The molecule has 18 heavy (non-hydrogen) atoms. The minimum absolute atomic E-state index is 0.935. The molecule has 0 saturated carbocycles. The Bertz CT molecular complexity index is 624. The third-order valence-corrected chi connectivity index (χ3v) is 2.76. The van der Waals surface area contributed by atoms with Crippen LogP contribution in [0.25, 0.3) is 22.4 Å². The number of nitrogens with zero attached hydrogens (tertiary/aromatic N) is 1. The van der Waals surface area contributed by atoms with Gasteiger partial charge < -0.3 is 4.98 Å². The van der Waals surface area contributed by atoms with Crippen LogP contribution in [0.1, 0.15) is 19.4 Å². The summed E-state index contributed by atoms with van der Waals surface area (Å²) < 4.78 is 0. The van der Waals surface area contributed by atoms with E-state index in [-0.39, 0.29) is 0 Å². The number of hydrogen-bond donors (Lipinski definition) is 1. The van der Waals surface area contributed by atoms with Crippen LogP contribution in [0, 0.1) is 6.92 Å². The zero-order valence-corrected chi connectivity index (χ0v) is 11.1. The summed E-state index contributed by atoms with van der Waals surface area (Å²) in [5.74, 6) is 0.935. The van der Waals surface area contributed by atoms with Gasteiger partial charge in [-0.2, -0.15) is 0 Å². The Hall–Kier alpha value is -2.09. The van der Waals surface area contributed by atoms with Crippen molar-refractivity contribution in [2.75, 3.05) is 0 Å². The van der Waals surface area contributed by atoms with E-state index < -0.39 is 0 Å². The van der Waals surface area contributed by atoms with Gasteiger partial charge in [-0.15, -0.1) is 0 Å². The lowest BCUT2D eigenvalue weighted by molar-refractivity contribution is 1.33. The molecule has 0 fully saturated rings. The van der Waals surface area contributed by atoms with Crippen molar-refractivity contribution in [1.29, 1.82) is 0 Å². The summed E-state index contributed by atoms with van der Waals surface area (Å²) in [5, 5.41) is 0. The molecular weight excluding hydrogens is 220 g/mol. The summed E-state index contributed by atoms with van der Waals surface area (Å²) in [7, 11) is 0. The van der Waals surface area contributed by atoms with Crippen LogP contribution in [0.4, 0.5) is 0 Å². The first-order chi connectivity index (χ1) is 8.84. The Kier molecular flexibility index (Phi) is 3.78. The van der Waals surface area contributed by atoms with Gasteiger partial charge in [-0.05, 0) is 18.6 Å². The SMILES string of the molecule is CC.Cc1cccc2[nH]c(-c3ccccc3)nc12. The van der Waals surface area contributed by atoms with Crippen LogP contribution in [-0.4, -0.2) is 9.97 Å². The Morgan fingerprint density at radius 1 is 0.889 bits per heavy atom. The highest BCUT2D eigenvalue weighted by atomic mass is 14.9. The van der Waals surface area contributed by atoms with E-state index in [0.717, 1.165) is 22.4 Å². The smallest absolute Gasteiger partial charge is 0.138 e. The molecule has 2 nitrogen and oxygen atoms in total. The number of aryl methyl sites for hydroxylation is 1. The largest absolute Gasteiger partial charge is 0.338 e. The van der Waals surface area contributed by atoms with Crippen molar-refractivity contribution in [3.8, 4) is 11.4 Å². The van der Waals surface area contributed by atoms with Gasteiger partial charge in [0.1, 0.15) is 5.82 Å². The lowest BCUT2D eigenvalue weighted by Gasteiger charge is -1.93. The van der Waals surface area contributed by atoms with E-state index in [2.05, 4.69) is 41.2 Å². The zero-order chi connectivity index (χ0) is 13.0. The van der Waals surface area contributed by atoms with E-state index in [1.54, 1.807) is 0 Å². The third-order valence-electron chi connectivity index (χ3n) is 2.76. The highest BCUT2D eigenvalue weighted by Gasteiger charge is 2.05. The number of para-hydroxylation sites is 1. The van der Waals surface area contributed by atoms with Crippen LogP contribution in [0.15, 0.2) is 48.5 Å². The van der Waals surface area contributed by atoms with Gasteiger partial charge in [0, 0.05) is 5.56 Å². The molecule has 1 heterocycles. The van der Waals surface area contributed by atoms with Crippen LogP contribution in [0.3, 0.4) is 0 Å². The highest BCUT2D eigenvalue weighted by molar-refractivity contribution is 5.82. The Balaban J connectivity index is 0.000000574. The average Bonchev–Trinajstić information content (AvgIpc) is 2.88. The Morgan fingerprint density at radius 2 is 1.61 bits per heavy atom. The zero-order valence-electron chi connectivity index (χ0n) is 11.1. The number of imidazole rings is 1. The molecule has 0 aliphatic heterocycles. The van der Waals surface area contributed by atoms with E-state index in [9.17, 15) is 0 Å². The third kappa shape index (κ3) is 2.28. The monoisotopic (exact) mass is 238 g/mol. The van der Waals surface area contributed by atoms with Crippen LogP contribution >= 0.6 is 0 Å². The van der Waals surface area contributed by atoms with Gasteiger partial charge in [-0.1, -0.05) is 56.3 Å². The summed E-state index contributed by atoms with van der Waals surface area (Å²) in [6, 6.07) is 16.4. The van der Waals surface area contributed by atoms with Crippen LogP contribution in [0.2, 0.25) is 0 Å². The highest BCUT2D eigenvalue weighted by Crippen LogP contribution is 2.21. The van der Waals surface area contributed by atoms with E-state index in [0.29, 0.717) is 0 Å². The molecule has 3 aromatic rings. The first kappa shape index (κ1) is 12.4. The van der Waals surface area contributed by atoms with Crippen LogP contribution in [-0.2, 0) is 0 Å². The van der Waals surface area contributed by atoms with Crippen molar-refractivity contribution in [2.45, 2.75) is 20.8 Å². The lowest BCUT2D eigenvalue weighted by atomic mass is 10.2. The number of aromatic amines is 1. The number of nitrogens with one attached hydrogen (secondary N) is 1. The predicted molar refractivity (Wildman–Crippen MR) is 77.6 cm³/mol. The van der Waals surface area contributed by atoms with Gasteiger partial charge in [0.15, 0.2) is 0 Å². The van der Waals surface area contributed by atoms with E-state index >= 15 is 0 Å². The van der Waals surface area contributed by atoms with Crippen LogP contribution in [0.5, 0.6) is 0 Å². The molecule has 0 atom stereocenters. The molecule has 1 aromatic heterocycles. The van der Waals surface area contributed by atoms with Crippen LogP contribution < -0.4 is 0 Å². The molecule has 0 unspecified atom stereocenters. The summed E-state index contributed by atoms with van der Waals surface area (Å²) in [6.07, 6.45) is 0. The van der Waals surface area contributed by atoms with Crippen molar-refractivity contribution in [3.05, 3.63) is 54.1 Å². The molecule has 3 rings (SSSR count). The van der Waals surface area contributed by atoms with E-state index in [1.165, 1.54) is 5.56 Å². The predicted octanol–water partition coefficient (Wildman–Crippen LogP) is 4.56. The van der Waals surface area contributed by atoms with Crippen molar-refractivity contribution >= 4 is 11.0 Å². The molecule has 0 saturated heterocycles. The summed E-state index contributed by atoms with van der Waals surface area (Å²) in [4.78, 5) is 7.97. The molecule has 0 amide bonds.